The van der Waals surface area contributed by atoms with Crippen LogP contribution in [0, 0.1) is 5.92 Å². The largest absolute Gasteiger partial charge is 0.494 e. The molecular weight excluding hydrogens is 250 g/mol. The first-order valence-electron chi connectivity index (χ1n) is 7.31. The van der Waals surface area contributed by atoms with Crippen LogP contribution in [0.1, 0.15) is 37.7 Å². The molecule has 0 radical (unpaired) electrons. The summed E-state index contributed by atoms with van der Waals surface area (Å²) in [5.74, 6) is 4.44. The number of nitrogens with one attached hydrogen (secondary N) is 1. The summed E-state index contributed by atoms with van der Waals surface area (Å²) < 4.78 is 11.4. The van der Waals surface area contributed by atoms with E-state index in [0.29, 0.717) is 19.1 Å². The van der Waals surface area contributed by atoms with Gasteiger partial charge in [0.2, 0.25) is 0 Å². The van der Waals surface area contributed by atoms with Crippen molar-refractivity contribution in [2.75, 3.05) is 11.9 Å². The molecule has 0 spiro atoms. The molecule has 1 aromatic heterocycles. The quantitative estimate of drug-likeness (QED) is 0.844. The van der Waals surface area contributed by atoms with E-state index in [0.717, 1.165) is 28.9 Å². The molecule has 106 valence electrons. The highest BCUT2D eigenvalue weighted by atomic mass is 16.5. The van der Waals surface area contributed by atoms with Gasteiger partial charge in [-0.15, -0.1) is 0 Å². The summed E-state index contributed by atoms with van der Waals surface area (Å²) in [6.45, 7) is 5.65. The Labute approximate surface area is 119 Å². The van der Waals surface area contributed by atoms with Gasteiger partial charge in [-0.1, -0.05) is 13.0 Å². The highest BCUT2D eigenvalue weighted by Gasteiger charge is 2.36. The van der Waals surface area contributed by atoms with Crippen molar-refractivity contribution in [2.45, 2.75) is 32.7 Å². The van der Waals surface area contributed by atoms with E-state index in [1.807, 2.05) is 31.2 Å². The minimum absolute atomic E-state index is 0.644. The Balaban J connectivity index is 1.58. The standard InChI is InChI=1S/C17H21NO2/c1-3-19-14-6-4-5-13(10-14)18-11-15-7-8-17(20-15)16-9-12(16)2/h4-8,10,12,16,18H,3,9,11H2,1-2H3. The third kappa shape index (κ3) is 2.98. The van der Waals surface area contributed by atoms with Crippen molar-refractivity contribution in [2.24, 2.45) is 5.92 Å². The molecule has 20 heavy (non-hydrogen) atoms. The van der Waals surface area contributed by atoms with E-state index >= 15 is 0 Å². The van der Waals surface area contributed by atoms with Crippen LogP contribution in [0.15, 0.2) is 40.8 Å². The van der Waals surface area contributed by atoms with E-state index in [1.54, 1.807) is 0 Å². The van der Waals surface area contributed by atoms with Crippen molar-refractivity contribution in [3.05, 3.63) is 47.9 Å². The van der Waals surface area contributed by atoms with Crippen LogP contribution >= 0.6 is 0 Å². The maximum atomic E-state index is 5.88. The highest BCUT2D eigenvalue weighted by molar-refractivity contribution is 5.48. The second kappa shape index (κ2) is 5.61. The SMILES string of the molecule is CCOc1cccc(NCc2ccc(C3CC3C)o2)c1. The fourth-order valence-electron chi connectivity index (χ4n) is 2.46. The molecule has 1 N–H and O–H groups in total. The Morgan fingerprint density at radius 1 is 1.30 bits per heavy atom. The smallest absolute Gasteiger partial charge is 0.123 e. The van der Waals surface area contributed by atoms with Crippen LogP contribution in [0.4, 0.5) is 5.69 Å². The lowest BCUT2D eigenvalue weighted by Crippen LogP contribution is -1.99. The van der Waals surface area contributed by atoms with Gasteiger partial charge in [-0.25, -0.2) is 0 Å². The molecule has 1 heterocycles. The van der Waals surface area contributed by atoms with Gasteiger partial charge < -0.3 is 14.5 Å². The first kappa shape index (κ1) is 13.1. The molecule has 1 saturated carbocycles. The first-order valence-corrected chi connectivity index (χ1v) is 7.31. The normalized spacial score (nSPS) is 20.7. The lowest BCUT2D eigenvalue weighted by atomic mass is 10.3. The summed E-state index contributed by atoms with van der Waals surface area (Å²) in [6.07, 6.45) is 1.26. The molecule has 1 aliphatic carbocycles. The van der Waals surface area contributed by atoms with Crippen molar-refractivity contribution in [1.82, 2.24) is 0 Å². The van der Waals surface area contributed by atoms with Crippen molar-refractivity contribution in [1.29, 1.82) is 0 Å². The van der Waals surface area contributed by atoms with Crippen LogP contribution in [0.25, 0.3) is 0 Å². The zero-order valence-electron chi connectivity index (χ0n) is 12.1. The topological polar surface area (TPSA) is 34.4 Å². The number of hydrogen-bond acceptors (Lipinski definition) is 3. The van der Waals surface area contributed by atoms with Gasteiger partial charge in [0, 0.05) is 17.7 Å². The molecule has 0 saturated heterocycles. The fraction of sp³-hybridized carbons (Fsp3) is 0.412. The number of ether oxygens (including phenoxy) is 1. The van der Waals surface area contributed by atoms with Crippen molar-refractivity contribution in [3.8, 4) is 5.75 Å². The van der Waals surface area contributed by atoms with Gasteiger partial charge in [0.05, 0.1) is 13.2 Å². The van der Waals surface area contributed by atoms with Crippen molar-refractivity contribution >= 4 is 5.69 Å². The molecular formula is C17H21NO2. The summed E-state index contributed by atoms with van der Waals surface area (Å²) in [4.78, 5) is 0. The molecule has 1 aromatic carbocycles. The maximum Gasteiger partial charge on any atom is 0.123 e. The van der Waals surface area contributed by atoms with Crippen LogP contribution in [0.5, 0.6) is 5.75 Å². The summed E-state index contributed by atoms with van der Waals surface area (Å²) in [6, 6.07) is 12.2. The van der Waals surface area contributed by atoms with E-state index in [9.17, 15) is 0 Å². The van der Waals surface area contributed by atoms with Gasteiger partial charge in [-0.2, -0.15) is 0 Å². The number of benzene rings is 1. The predicted molar refractivity (Wildman–Crippen MR) is 80.2 cm³/mol. The number of rotatable bonds is 6. The van der Waals surface area contributed by atoms with Gasteiger partial charge in [0.25, 0.3) is 0 Å². The Bertz CT molecular complexity index is 576. The Morgan fingerprint density at radius 2 is 2.15 bits per heavy atom. The van der Waals surface area contributed by atoms with E-state index in [1.165, 1.54) is 6.42 Å². The first-order chi connectivity index (χ1) is 9.76. The van der Waals surface area contributed by atoms with Gasteiger partial charge in [-0.05, 0) is 43.5 Å². The van der Waals surface area contributed by atoms with Crippen LogP contribution in [-0.4, -0.2) is 6.61 Å². The predicted octanol–water partition coefficient (Wildman–Crippen LogP) is 4.41. The Morgan fingerprint density at radius 3 is 2.90 bits per heavy atom. The summed E-state index contributed by atoms with van der Waals surface area (Å²) in [5, 5.41) is 3.37. The molecule has 3 rings (SSSR count). The zero-order chi connectivity index (χ0) is 13.9. The van der Waals surface area contributed by atoms with Crippen molar-refractivity contribution in [3.63, 3.8) is 0 Å². The molecule has 2 aromatic rings. The lowest BCUT2D eigenvalue weighted by Gasteiger charge is -2.07. The molecule has 1 fully saturated rings. The highest BCUT2D eigenvalue weighted by Crippen LogP contribution is 2.47. The second-order valence-corrected chi connectivity index (χ2v) is 5.44. The van der Waals surface area contributed by atoms with E-state index in [2.05, 4.69) is 24.4 Å². The third-order valence-electron chi connectivity index (χ3n) is 3.77. The molecule has 3 heteroatoms. The monoisotopic (exact) mass is 271 g/mol. The van der Waals surface area contributed by atoms with Crippen LogP contribution < -0.4 is 10.1 Å². The van der Waals surface area contributed by atoms with Gasteiger partial charge >= 0.3 is 0 Å². The molecule has 0 amide bonds. The minimum Gasteiger partial charge on any atom is -0.494 e. The van der Waals surface area contributed by atoms with Crippen molar-refractivity contribution < 1.29 is 9.15 Å². The summed E-state index contributed by atoms with van der Waals surface area (Å²) in [5.41, 5.74) is 1.05. The number of anilines is 1. The van der Waals surface area contributed by atoms with Gasteiger partial charge in [-0.3, -0.25) is 0 Å². The van der Waals surface area contributed by atoms with E-state index in [-0.39, 0.29) is 0 Å². The van der Waals surface area contributed by atoms with Crippen LogP contribution in [-0.2, 0) is 6.54 Å². The number of hydrogen-bond donors (Lipinski definition) is 1. The molecule has 3 nitrogen and oxygen atoms in total. The molecule has 2 unspecified atom stereocenters. The van der Waals surface area contributed by atoms with E-state index in [4.69, 9.17) is 9.15 Å². The summed E-state index contributed by atoms with van der Waals surface area (Å²) >= 11 is 0. The third-order valence-corrected chi connectivity index (χ3v) is 3.77. The molecule has 0 bridgehead atoms. The average Bonchev–Trinajstić information content (AvgIpc) is 3.01. The Hall–Kier alpha value is -1.90. The second-order valence-electron chi connectivity index (χ2n) is 5.44. The number of furan rings is 1. The van der Waals surface area contributed by atoms with Crippen LogP contribution in [0.3, 0.4) is 0 Å². The fourth-order valence-corrected chi connectivity index (χ4v) is 2.46. The lowest BCUT2D eigenvalue weighted by molar-refractivity contribution is 0.340. The Kier molecular flexibility index (Phi) is 3.68. The zero-order valence-corrected chi connectivity index (χ0v) is 12.1. The molecule has 2 atom stereocenters. The van der Waals surface area contributed by atoms with E-state index < -0.39 is 0 Å². The summed E-state index contributed by atoms with van der Waals surface area (Å²) in [7, 11) is 0. The maximum absolute atomic E-state index is 5.88. The average molecular weight is 271 g/mol. The minimum atomic E-state index is 0.644. The van der Waals surface area contributed by atoms with Crippen LogP contribution in [0.2, 0.25) is 0 Å². The van der Waals surface area contributed by atoms with Gasteiger partial charge in [0.15, 0.2) is 0 Å². The molecule has 0 aliphatic heterocycles. The van der Waals surface area contributed by atoms with Gasteiger partial charge in [0.1, 0.15) is 17.3 Å². The molecule has 1 aliphatic rings.